The van der Waals surface area contributed by atoms with E-state index in [0.29, 0.717) is 0 Å². The Morgan fingerprint density at radius 3 is 3.00 bits per heavy atom. The van der Waals surface area contributed by atoms with Gasteiger partial charge in [0.15, 0.2) is 4.34 Å². The molecule has 0 unspecified atom stereocenters. The average Bonchev–Trinajstić information content (AvgIpc) is 3.08. The van der Waals surface area contributed by atoms with Crippen molar-refractivity contribution < 1.29 is 9.90 Å². The van der Waals surface area contributed by atoms with Gasteiger partial charge in [-0.25, -0.2) is 9.78 Å². The fourth-order valence-corrected chi connectivity index (χ4v) is 4.88. The zero-order chi connectivity index (χ0) is 14.7. The van der Waals surface area contributed by atoms with E-state index < -0.39 is 5.97 Å². The molecule has 3 nitrogen and oxygen atoms in total. The first-order chi connectivity index (χ1) is 10.2. The van der Waals surface area contributed by atoms with Crippen molar-refractivity contribution >= 4 is 56.7 Å². The van der Waals surface area contributed by atoms with E-state index in [-0.39, 0.29) is 0 Å². The maximum atomic E-state index is 10.6. The number of aromatic nitrogens is 1. The zero-order valence-electron chi connectivity index (χ0n) is 10.9. The van der Waals surface area contributed by atoms with Gasteiger partial charge in [-0.3, -0.25) is 0 Å². The number of hydrogen-bond donors (Lipinski definition) is 1. The standard InChI is InChI=1S/C15H11NO2S3/c17-14(18)6-5-10-7-8-19-13(10)9-20-15-16-11-3-1-2-4-12(11)21-15/h1-8H,9H2,(H,17,18). The van der Waals surface area contributed by atoms with Crippen LogP contribution in [0, 0.1) is 0 Å². The number of thioether (sulfide) groups is 1. The van der Waals surface area contributed by atoms with Crippen LogP contribution in [0.3, 0.4) is 0 Å². The SMILES string of the molecule is O=C(O)C=Cc1ccsc1CSc1nc2ccccc2s1. The van der Waals surface area contributed by atoms with Crippen LogP contribution in [0.15, 0.2) is 46.1 Å². The van der Waals surface area contributed by atoms with Crippen LogP contribution in [0.25, 0.3) is 16.3 Å². The highest BCUT2D eigenvalue weighted by atomic mass is 32.2. The van der Waals surface area contributed by atoms with E-state index >= 15 is 0 Å². The number of benzene rings is 1. The number of rotatable bonds is 5. The van der Waals surface area contributed by atoms with E-state index in [1.165, 1.54) is 10.8 Å². The van der Waals surface area contributed by atoms with Gasteiger partial charge in [0.1, 0.15) is 0 Å². The summed E-state index contributed by atoms with van der Waals surface area (Å²) in [4.78, 5) is 16.3. The molecule has 1 N–H and O–H groups in total. The third-order valence-electron chi connectivity index (χ3n) is 2.79. The fraction of sp³-hybridized carbons (Fsp3) is 0.0667. The molecule has 2 heterocycles. The van der Waals surface area contributed by atoms with E-state index in [2.05, 4.69) is 11.1 Å². The summed E-state index contributed by atoms with van der Waals surface area (Å²) >= 11 is 5.02. The quantitative estimate of drug-likeness (QED) is 0.541. The Morgan fingerprint density at radius 1 is 1.33 bits per heavy atom. The van der Waals surface area contributed by atoms with Crippen molar-refractivity contribution in [2.24, 2.45) is 0 Å². The Balaban J connectivity index is 1.73. The Labute approximate surface area is 134 Å². The minimum absolute atomic E-state index is 0.802. The van der Waals surface area contributed by atoms with Gasteiger partial charge in [-0.05, 0) is 35.2 Å². The van der Waals surface area contributed by atoms with Crippen LogP contribution in [-0.4, -0.2) is 16.1 Å². The van der Waals surface area contributed by atoms with Gasteiger partial charge in [0, 0.05) is 16.7 Å². The molecule has 0 fully saturated rings. The predicted molar refractivity (Wildman–Crippen MR) is 90.2 cm³/mol. The van der Waals surface area contributed by atoms with E-state index in [0.717, 1.165) is 26.0 Å². The summed E-state index contributed by atoms with van der Waals surface area (Å²) in [7, 11) is 0. The molecule has 106 valence electrons. The van der Waals surface area contributed by atoms with Gasteiger partial charge in [0.05, 0.1) is 10.2 Å². The molecule has 3 rings (SSSR count). The fourth-order valence-electron chi connectivity index (χ4n) is 1.82. The summed E-state index contributed by atoms with van der Waals surface area (Å²) in [6.07, 6.45) is 2.82. The van der Waals surface area contributed by atoms with Crippen LogP contribution in [-0.2, 0) is 10.5 Å². The largest absolute Gasteiger partial charge is 0.478 e. The summed E-state index contributed by atoms with van der Waals surface area (Å²) in [5, 5.41) is 10.7. The monoisotopic (exact) mass is 333 g/mol. The third-order valence-corrected chi connectivity index (χ3v) is 6.11. The number of carbonyl (C=O) groups is 1. The smallest absolute Gasteiger partial charge is 0.328 e. The molecule has 0 aliphatic rings. The van der Waals surface area contributed by atoms with Crippen LogP contribution in [0.4, 0.5) is 0 Å². The number of thiazole rings is 1. The number of carboxylic acid groups (broad SMARTS) is 1. The molecule has 0 amide bonds. The number of para-hydroxylation sites is 1. The number of hydrogen-bond acceptors (Lipinski definition) is 5. The highest BCUT2D eigenvalue weighted by Gasteiger charge is 2.07. The molecule has 0 aliphatic heterocycles. The zero-order valence-corrected chi connectivity index (χ0v) is 13.3. The minimum Gasteiger partial charge on any atom is -0.478 e. The molecule has 0 radical (unpaired) electrons. The van der Waals surface area contributed by atoms with Crippen LogP contribution in [0.1, 0.15) is 10.4 Å². The summed E-state index contributed by atoms with van der Waals surface area (Å²) in [5.74, 6) is -0.123. The molecule has 1 aromatic carbocycles. The second kappa shape index (κ2) is 6.43. The van der Waals surface area contributed by atoms with Gasteiger partial charge in [-0.1, -0.05) is 23.9 Å². The Kier molecular flexibility index (Phi) is 4.38. The summed E-state index contributed by atoms with van der Waals surface area (Å²) in [6.45, 7) is 0. The first-order valence-corrected chi connectivity index (χ1v) is 8.86. The van der Waals surface area contributed by atoms with E-state index in [1.54, 1.807) is 40.5 Å². The number of fused-ring (bicyclic) bond motifs is 1. The number of nitrogens with zero attached hydrogens (tertiary/aromatic N) is 1. The first-order valence-electron chi connectivity index (χ1n) is 6.18. The molecular formula is C15H11NO2S3. The maximum absolute atomic E-state index is 10.6. The molecule has 0 bridgehead atoms. The van der Waals surface area contributed by atoms with Gasteiger partial charge in [-0.15, -0.1) is 22.7 Å². The van der Waals surface area contributed by atoms with Crippen molar-refractivity contribution in [3.05, 3.63) is 52.2 Å². The average molecular weight is 333 g/mol. The molecule has 0 aliphatic carbocycles. The van der Waals surface area contributed by atoms with Crippen LogP contribution in [0.2, 0.25) is 0 Å². The molecule has 6 heteroatoms. The Morgan fingerprint density at radius 2 is 2.19 bits per heavy atom. The van der Waals surface area contributed by atoms with Gasteiger partial charge >= 0.3 is 5.97 Å². The normalized spacial score (nSPS) is 11.4. The molecule has 3 aromatic rings. The van der Waals surface area contributed by atoms with Crippen LogP contribution < -0.4 is 0 Å². The maximum Gasteiger partial charge on any atom is 0.328 e. The second-order valence-electron chi connectivity index (χ2n) is 4.21. The lowest BCUT2D eigenvalue weighted by atomic mass is 10.2. The summed E-state index contributed by atoms with van der Waals surface area (Å²) in [5.41, 5.74) is 2.00. The molecule has 0 spiro atoms. The number of thiophene rings is 1. The van der Waals surface area contributed by atoms with Crippen molar-refractivity contribution in [2.45, 2.75) is 10.1 Å². The van der Waals surface area contributed by atoms with E-state index in [9.17, 15) is 4.79 Å². The van der Waals surface area contributed by atoms with Gasteiger partial charge in [0.2, 0.25) is 0 Å². The van der Waals surface area contributed by atoms with Crippen molar-refractivity contribution in [3.8, 4) is 0 Å². The molecule has 2 aromatic heterocycles. The number of carboxylic acids is 1. The van der Waals surface area contributed by atoms with Crippen LogP contribution in [0.5, 0.6) is 0 Å². The van der Waals surface area contributed by atoms with Crippen molar-refractivity contribution in [2.75, 3.05) is 0 Å². The second-order valence-corrected chi connectivity index (χ2v) is 7.46. The topological polar surface area (TPSA) is 50.2 Å². The molecule has 0 atom stereocenters. The van der Waals surface area contributed by atoms with E-state index in [1.807, 2.05) is 29.6 Å². The van der Waals surface area contributed by atoms with Crippen molar-refractivity contribution in [1.29, 1.82) is 0 Å². The molecule has 21 heavy (non-hydrogen) atoms. The lowest BCUT2D eigenvalue weighted by molar-refractivity contribution is -0.131. The molecular weight excluding hydrogens is 322 g/mol. The third kappa shape index (κ3) is 3.53. The van der Waals surface area contributed by atoms with Gasteiger partial charge < -0.3 is 5.11 Å². The van der Waals surface area contributed by atoms with Crippen molar-refractivity contribution in [3.63, 3.8) is 0 Å². The summed E-state index contributed by atoms with van der Waals surface area (Å²) < 4.78 is 2.23. The lowest BCUT2D eigenvalue weighted by Crippen LogP contribution is -1.86. The van der Waals surface area contributed by atoms with Gasteiger partial charge in [-0.2, -0.15) is 0 Å². The first kappa shape index (κ1) is 14.3. The van der Waals surface area contributed by atoms with Crippen molar-refractivity contribution in [1.82, 2.24) is 4.98 Å². The number of aliphatic carboxylic acids is 1. The molecule has 0 saturated heterocycles. The lowest BCUT2D eigenvalue weighted by Gasteiger charge is -1.97. The minimum atomic E-state index is -0.925. The van der Waals surface area contributed by atoms with Crippen LogP contribution >= 0.6 is 34.4 Å². The Hall–Kier alpha value is -1.63. The Bertz CT molecular complexity index is 771. The highest BCUT2D eigenvalue weighted by Crippen LogP contribution is 2.33. The summed E-state index contributed by atoms with van der Waals surface area (Å²) in [6, 6.07) is 10.0. The predicted octanol–water partition coefficient (Wildman–Crippen LogP) is 4.75. The highest BCUT2D eigenvalue weighted by molar-refractivity contribution is 8.00. The van der Waals surface area contributed by atoms with E-state index in [4.69, 9.17) is 5.11 Å². The molecule has 0 saturated carbocycles. The van der Waals surface area contributed by atoms with Gasteiger partial charge in [0.25, 0.3) is 0 Å².